The van der Waals surface area contributed by atoms with Crippen molar-refractivity contribution in [3.05, 3.63) is 71.4 Å². The summed E-state index contributed by atoms with van der Waals surface area (Å²) in [6.45, 7) is 0. The van der Waals surface area contributed by atoms with Crippen molar-refractivity contribution < 1.29 is 14.7 Å². The van der Waals surface area contributed by atoms with Crippen molar-refractivity contribution in [1.82, 2.24) is 10.3 Å². The van der Waals surface area contributed by atoms with Crippen LogP contribution in [0.25, 0.3) is 10.9 Å². The Hall–Kier alpha value is -3.08. The number of fused-ring (bicyclic) bond motifs is 3. The van der Waals surface area contributed by atoms with Crippen molar-refractivity contribution in [3.63, 3.8) is 0 Å². The monoisotopic (exact) mass is 388 g/mol. The summed E-state index contributed by atoms with van der Waals surface area (Å²) in [6, 6.07) is 15.3. The van der Waals surface area contributed by atoms with Crippen molar-refractivity contribution >= 4 is 22.8 Å². The van der Waals surface area contributed by atoms with Gasteiger partial charge in [0.2, 0.25) is 5.91 Å². The number of H-pyrrole nitrogens is 1. The van der Waals surface area contributed by atoms with Gasteiger partial charge in [-0.05, 0) is 48.4 Å². The molecule has 148 valence electrons. The topological polar surface area (TPSA) is 82.2 Å². The Morgan fingerprint density at radius 1 is 1.17 bits per heavy atom. The number of amides is 1. The van der Waals surface area contributed by atoms with Crippen molar-refractivity contribution in [2.45, 2.75) is 43.6 Å². The second-order valence-electron chi connectivity index (χ2n) is 8.39. The smallest absolute Gasteiger partial charge is 0.326 e. The van der Waals surface area contributed by atoms with Crippen LogP contribution in [0.3, 0.4) is 0 Å². The quantitative estimate of drug-likeness (QED) is 0.625. The lowest BCUT2D eigenvalue weighted by Crippen LogP contribution is -2.44. The average molecular weight is 388 g/mol. The lowest BCUT2D eigenvalue weighted by atomic mass is 9.78. The van der Waals surface area contributed by atoms with Gasteiger partial charge < -0.3 is 15.4 Å². The van der Waals surface area contributed by atoms with Gasteiger partial charge in [0.1, 0.15) is 6.04 Å². The number of benzene rings is 2. The second-order valence-corrected chi connectivity index (χ2v) is 8.39. The lowest BCUT2D eigenvalue weighted by molar-refractivity contribution is -0.142. The molecule has 1 heterocycles. The number of carboxylic acid groups (broad SMARTS) is 1. The summed E-state index contributed by atoms with van der Waals surface area (Å²) in [5.41, 5.74) is 4.40. The zero-order valence-corrected chi connectivity index (χ0v) is 16.2. The van der Waals surface area contributed by atoms with Crippen LogP contribution in [0.1, 0.15) is 36.0 Å². The minimum atomic E-state index is -0.998. The molecule has 1 amide bonds. The Labute approximate surface area is 169 Å². The van der Waals surface area contributed by atoms with Crippen LogP contribution < -0.4 is 5.32 Å². The molecule has 5 rings (SSSR count). The maximum absolute atomic E-state index is 13.0. The van der Waals surface area contributed by atoms with Gasteiger partial charge >= 0.3 is 5.97 Å². The zero-order valence-electron chi connectivity index (χ0n) is 16.2. The van der Waals surface area contributed by atoms with E-state index in [1.807, 2.05) is 36.5 Å². The number of carboxylic acids is 1. The van der Waals surface area contributed by atoms with Gasteiger partial charge in [-0.1, -0.05) is 42.5 Å². The maximum Gasteiger partial charge on any atom is 0.326 e. The molecule has 1 aromatic heterocycles. The number of hydrogen-bond donors (Lipinski definition) is 3. The molecule has 3 unspecified atom stereocenters. The summed E-state index contributed by atoms with van der Waals surface area (Å²) in [6.07, 6.45) is 6.06. The number of para-hydroxylation sites is 1. The molecule has 29 heavy (non-hydrogen) atoms. The molecule has 3 atom stereocenters. The zero-order chi connectivity index (χ0) is 20.0. The molecule has 1 spiro atoms. The van der Waals surface area contributed by atoms with E-state index in [0.717, 1.165) is 42.1 Å². The molecular weight excluding hydrogens is 364 g/mol. The van der Waals surface area contributed by atoms with Crippen LogP contribution in [-0.2, 0) is 27.8 Å². The Balaban J connectivity index is 1.34. The minimum absolute atomic E-state index is 0.0945. The number of aromatic nitrogens is 1. The summed E-state index contributed by atoms with van der Waals surface area (Å²) in [5, 5.41) is 13.6. The Bertz CT molecular complexity index is 1100. The molecule has 0 saturated heterocycles. The Morgan fingerprint density at radius 3 is 2.83 bits per heavy atom. The van der Waals surface area contributed by atoms with Crippen molar-refractivity contribution in [1.29, 1.82) is 0 Å². The van der Waals surface area contributed by atoms with Crippen LogP contribution in [0.15, 0.2) is 54.7 Å². The SMILES string of the molecule is O=C(O)C(Cc1c[nH]c2ccccc12)NC(=O)C1CC12CCCc1ccccc12. The summed E-state index contributed by atoms with van der Waals surface area (Å²) < 4.78 is 0. The summed E-state index contributed by atoms with van der Waals surface area (Å²) in [7, 11) is 0. The number of carbonyl (C=O) groups excluding carboxylic acids is 1. The van der Waals surface area contributed by atoms with Gasteiger partial charge in [0.05, 0.1) is 0 Å². The summed E-state index contributed by atoms with van der Waals surface area (Å²) in [5.74, 6) is -1.26. The first-order valence-electron chi connectivity index (χ1n) is 10.2. The van der Waals surface area contributed by atoms with E-state index >= 15 is 0 Å². The highest BCUT2D eigenvalue weighted by Gasteiger charge is 2.60. The van der Waals surface area contributed by atoms with E-state index in [4.69, 9.17) is 0 Å². The highest BCUT2D eigenvalue weighted by atomic mass is 16.4. The van der Waals surface area contributed by atoms with Crippen molar-refractivity contribution in [3.8, 4) is 0 Å². The molecule has 0 aliphatic heterocycles. The lowest BCUT2D eigenvalue weighted by Gasteiger charge is -2.26. The second kappa shape index (κ2) is 6.76. The molecule has 5 nitrogen and oxygen atoms in total. The predicted octanol–water partition coefficient (Wildman–Crippen LogP) is 3.57. The molecule has 2 aliphatic rings. The van der Waals surface area contributed by atoms with E-state index in [2.05, 4.69) is 28.5 Å². The van der Waals surface area contributed by atoms with Crippen LogP contribution in [-0.4, -0.2) is 28.0 Å². The van der Waals surface area contributed by atoms with E-state index in [9.17, 15) is 14.7 Å². The molecule has 3 N–H and O–H groups in total. The third kappa shape index (κ3) is 3.01. The highest BCUT2D eigenvalue weighted by molar-refractivity contribution is 5.90. The fourth-order valence-electron chi connectivity index (χ4n) is 5.17. The highest BCUT2D eigenvalue weighted by Crippen LogP contribution is 2.60. The van der Waals surface area contributed by atoms with Gasteiger partial charge in [-0.3, -0.25) is 4.79 Å². The first-order chi connectivity index (χ1) is 14.1. The third-order valence-electron chi connectivity index (χ3n) is 6.73. The normalized spacial score (nSPS) is 23.5. The number of carbonyl (C=O) groups is 2. The van der Waals surface area contributed by atoms with Crippen LogP contribution in [0.5, 0.6) is 0 Å². The van der Waals surface area contributed by atoms with Gasteiger partial charge in [-0.25, -0.2) is 4.79 Å². The summed E-state index contributed by atoms with van der Waals surface area (Å²) in [4.78, 5) is 28.1. The molecule has 2 aliphatic carbocycles. The van der Waals surface area contributed by atoms with Crippen molar-refractivity contribution in [2.24, 2.45) is 5.92 Å². The number of aromatic amines is 1. The molecule has 1 fully saturated rings. The molecule has 1 saturated carbocycles. The van der Waals surface area contributed by atoms with Crippen LogP contribution in [0, 0.1) is 5.92 Å². The van der Waals surface area contributed by atoms with Gasteiger partial charge in [-0.2, -0.15) is 0 Å². The van der Waals surface area contributed by atoms with Crippen LogP contribution >= 0.6 is 0 Å². The fourth-order valence-corrected chi connectivity index (χ4v) is 5.17. The van der Waals surface area contributed by atoms with Crippen LogP contribution in [0.2, 0.25) is 0 Å². The fraction of sp³-hybridized carbons (Fsp3) is 0.333. The summed E-state index contributed by atoms with van der Waals surface area (Å²) >= 11 is 0. The Kier molecular flexibility index (Phi) is 4.19. The largest absolute Gasteiger partial charge is 0.480 e. The van der Waals surface area contributed by atoms with Gasteiger partial charge in [0, 0.05) is 34.9 Å². The molecule has 0 radical (unpaired) electrons. The average Bonchev–Trinajstić information content (AvgIpc) is 3.30. The number of aliphatic carboxylic acids is 1. The van der Waals surface area contributed by atoms with Gasteiger partial charge in [-0.15, -0.1) is 0 Å². The number of aryl methyl sites for hydroxylation is 1. The number of hydrogen-bond acceptors (Lipinski definition) is 2. The van der Waals surface area contributed by atoms with E-state index < -0.39 is 12.0 Å². The minimum Gasteiger partial charge on any atom is -0.480 e. The molecule has 0 bridgehead atoms. The molecule has 2 aromatic carbocycles. The maximum atomic E-state index is 13.0. The van der Waals surface area contributed by atoms with E-state index in [1.54, 1.807) is 0 Å². The van der Waals surface area contributed by atoms with Crippen molar-refractivity contribution in [2.75, 3.05) is 0 Å². The Morgan fingerprint density at radius 2 is 1.97 bits per heavy atom. The van der Waals surface area contributed by atoms with E-state index in [1.165, 1.54) is 11.1 Å². The number of nitrogens with one attached hydrogen (secondary N) is 2. The predicted molar refractivity (Wildman–Crippen MR) is 111 cm³/mol. The number of rotatable bonds is 5. The van der Waals surface area contributed by atoms with Crippen LogP contribution in [0.4, 0.5) is 0 Å². The molecule has 3 aromatic rings. The standard InChI is InChI=1S/C24H24N2O3/c27-22(19-13-24(19)11-5-7-15-6-1-3-9-18(15)24)26-21(23(28)29)12-16-14-25-20-10-4-2-8-17(16)20/h1-4,6,8-10,14,19,21,25H,5,7,11-13H2,(H,26,27)(H,28,29). The van der Waals surface area contributed by atoms with Gasteiger partial charge in [0.25, 0.3) is 0 Å². The first-order valence-corrected chi connectivity index (χ1v) is 10.2. The van der Waals surface area contributed by atoms with Gasteiger partial charge in [0.15, 0.2) is 0 Å². The van der Waals surface area contributed by atoms with E-state index in [-0.39, 0.29) is 23.7 Å². The molecular formula is C24H24N2O3. The van der Waals surface area contributed by atoms with E-state index in [0.29, 0.717) is 0 Å². The first kappa shape index (κ1) is 18.0. The third-order valence-corrected chi connectivity index (χ3v) is 6.73. The molecule has 5 heteroatoms.